The van der Waals surface area contributed by atoms with Crippen molar-refractivity contribution in [2.75, 3.05) is 0 Å². The Balaban J connectivity index is 1.60. The Labute approximate surface area is 171 Å². The third kappa shape index (κ3) is 4.01. The minimum atomic E-state index is 0.775. The molecular weight excluding hydrogens is 426 g/mol. The van der Waals surface area contributed by atoms with Gasteiger partial charge in [0.1, 0.15) is 0 Å². The van der Waals surface area contributed by atoms with Crippen LogP contribution in [0, 0.1) is 0 Å². The van der Waals surface area contributed by atoms with Gasteiger partial charge in [0.25, 0.3) is 0 Å². The molecule has 130 valence electrons. The van der Waals surface area contributed by atoms with Gasteiger partial charge in [-0.2, -0.15) is 0 Å². The Morgan fingerprint density at radius 1 is 0.846 bits per heavy atom. The number of para-hydroxylation sites is 1. The standard InChI is InChI=1S/C22H17BrClNS/c23-18-9-5-17(6-10-18)15-26-22-14-25(21-4-2-1-3-20(21)22)13-16-7-11-19(24)12-8-16/h1-12,14H,13,15H2. The predicted molar refractivity (Wildman–Crippen MR) is 116 cm³/mol. The van der Waals surface area contributed by atoms with Gasteiger partial charge in [-0.15, -0.1) is 11.8 Å². The van der Waals surface area contributed by atoms with Crippen molar-refractivity contribution in [2.24, 2.45) is 0 Å². The molecule has 4 heteroatoms. The van der Waals surface area contributed by atoms with E-state index in [0.29, 0.717) is 0 Å². The average Bonchev–Trinajstić information content (AvgIpc) is 3.01. The third-order valence-corrected chi connectivity index (χ3v) is 6.22. The van der Waals surface area contributed by atoms with Crippen LogP contribution < -0.4 is 0 Å². The van der Waals surface area contributed by atoms with Gasteiger partial charge in [-0.25, -0.2) is 0 Å². The fourth-order valence-electron chi connectivity index (χ4n) is 2.99. The maximum atomic E-state index is 6.01. The smallest absolute Gasteiger partial charge is 0.0495 e. The number of aromatic nitrogens is 1. The fourth-order valence-corrected chi connectivity index (χ4v) is 4.42. The summed E-state index contributed by atoms with van der Waals surface area (Å²) in [5, 5.41) is 2.08. The molecule has 0 unspecified atom stereocenters. The van der Waals surface area contributed by atoms with E-state index in [1.165, 1.54) is 26.9 Å². The molecule has 0 atom stereocenters. The summed E-state index contributed by atoms with van der Waals surface area (Å²) in [7, 11) is 0. The Morgan fingerprint density at radius 2 is 1.54 bits per heavy atom. The largest absolute Gasteiger partial charge is 0.342 e. The molecule has 0 amide bonds. The zero-order valence-electron chi connectivity index (χ0n) is 14.0. The van der Waals surface area contributed by atoms with Gasteiger partial charge in [0.05, 0.1) is 0 Å². The van der Waals surface area contributed by atoms with E-state index in [1.807, 2.05) is 23.9 Å². The third-order valence-electron chi connectivity index (χ3n) is 4.33. The molecular formula is C22H17BrClNS. The van der Waals surface area contributed by atoms with Gasteiger partial charge in [-0.3, -0.25) is 0 Å². The lowest BCUT2D eigenvalue weighted by molar-refractivity contribution is 0.830. The first-order valence-electron chi connectivity index (χ1n) is 8.38. The Hall–Kier alpha value is -1.68. The van der Waals surface area contributed by atoms with Crippen LogP contribution >= 0.6 is 39.3 Å². The van der Waals surface area contributed by atoms with Crippen LogP contribution in [0.4, 0.5) is 0 Å². The molecule has 0 spiro atoms. The van der Waals surface area contributed by atoms with Gasteiger partial charge in [0.2, 0.25) is 0 Å². The topological polar surface area (TPSA) is 4.93 Å². The Morgan fingerprint density at radius 3 is 2.31 bits per heavy atom. The van der Waals surface area contributed by atoms with E-state index >= 15 is 0 Å². The van der Waals surface area contributed by atoms with Crippen molar-refractivity contribution >= 4 is 50.2 Å². The van der Waals surface area contributed by atoms with Gasteiger partial charge in [-0.1, -0.05) is 70.0 Å². The summed E-state index contributed by atoms with van der Waals surface area (Å²) in [5.41, 5.74) is 3.84. The molecule has 0 saturated heterocycles. The number of thioether (sulfide) groups is 1. The van der Waals surface area contributed by atoms with Crippen molar-refractivity contribution in [3.8, 4) is 0 Å². The molecule has 0 aliphatic heterocycles. The van der Waals surface area contributed by atoms with Gasteiger partial charge in [0, 0.05) is 43.8 Å². The van der Waals surface area contributed by atoms with Gasteiger partial charge in [0.15, 0.2) is 0 Å². The van der Waals surface area contributed by atoms with E-state index in [1.54, 1.807) is 0 Å². The number of rotatable bonds is 5. The second-order valence-corrected chi connectivity index (χ2v) is 8.55. The van der Waals surface area contributed by atoms with Crippen LogP contribution in [0.25, 0.3) is 10.9 Å². The number of hydrogen-bond donors (Lipinski definition) is 0. The van der Waals surface area contributed by atoms with Crippen molar-refractivity contribution < 1.29 is 0 Å². The molecule has 0 bridgehead atoms. The highest BCUT2D eigenvalue weighted by molar-refractivity contribution is 9.10. The van der Waals surface area contributed by atoms with Crippen molar-refractivity contribution in [2.45, 2.75) is 17.2 Å². The lowest BCUT2D eigenvalue weighted by atomic mass is 10.2. The maximum absolute atomic E-state index is 6.01. The van der Waals surface area contributed by atoms with Gasteiger partial charge < -0.3 is 4.57 Å². The highest BCUT2D eigenvalue weighted by Crippen LogP contribution is 2.32. The highest BCUT2D eigenvalue weighted by Gasteiger charge is 2.09. The fraction of sp³-hybridized carbons (Fsp3) is 0.0909. The molecule has 1 heterocycles. The van der Waals surface area contributed by atoms with Crippen LogP contribution in [-0.2, 0) is 12.3 Å². The van der Waals surface area contributed by atoms with E-state index < -0.39 is 0 Å². The lowest BCUT2D eigenvalue weighted by Gasteiger charge is -2.05. The summed E-state index contributed by atoms with van der Waals surface area (Å²) in [6, 6.07) is 25.2. The molecule has 0 aliphatic rings. The molecule has 0 radical (unpaired) electrons. The number of nitrogens with zero attached hydrogens (tertiary/aromatic N) is 1. The number of halogens is 2. The normalized spacial score (nSPS) is 11.2. The van der Waals surface area contributed by atoms with E-state index in [4.69, 9.17) is 11.6 Å². The summed E-state index contributed by atoms with van der Waals surface area (Å²) < 4.78 is 3.44. The zero-order valence-corrected chi connectivity index (χ0v) is 17.2. The van der Waals surface area contributed by atoms with Crippen LogP contribution in [-0.4, -0.2) is 4.57 Å². The van der Waals surface area contributed by atoms with Crippen molar-refractivity contribution in [1.29, 1.82) is 0 Å². The molecule has 4 aromatic rings. The SMILES string of the molecule is Clc1ccc(Cn2cc(SCc3ccc(Br)cc3)c3ccccc32)cc1. The summed E-state index contributed by atoms with van der Waals surface area (Å²) in [4.78, 5) is 1.32. The minimum absolute atomic E-state index is 0.775. The first-order valence-corrected chi connectivity index (χ1v) is 10.5. The van der Waals surface area contributed by atoms with E-state index in [-0.39, 0.29) is 0 Å². The molecule has 1 nitrogen and oxygen atoms in total. The molecule has 0 aliphatic carbocycles. The molecule has 0 N–H and O–H groups in total. The van der Waals surface area contributed by atoms with Crippen molar-refractivity contribution in [3.05, 3.63) is 99.6 Å². The van der Waals surface area contributed by atoms with Crippen molar-refractivity contribution in [1.82, 2.24) is 4.57 Å². The highest BCUT2D eigenvalue weighted by atomic mass is 79.9. The lowest BCUT2D eigenvalue weighted by Crippen LogP contribution is -1.97. The summed E-state index contributed by atoms with van der Waals surface area (Å²) in [6.07, 6.45) is 2.27. The minimum Gasteiger partial charge on any atom is -0.342 e. The Kier molecular flexibility index (Phi) is 5.39. The molecule has 1 aromatic heterocycles. The first-order chi connectivity index (χ1) is 12.7. The molecule has 0 saturated carbocycles. The second-order valence-electron chi connectivity index (χ2n) is 6.18. The molecule has 4 rings (SSSR count). The zero-order chi connectivity index (χ0) is 17.9. The van der Waals surface area contributed by atoms with Crippen LogP contribution in [0.1, 0.15) is 11.1 Å². The van der Waals surface area contributed by atoms with E-state index in [2.05, 4.69) is 87.4 Å². The predicted octanol–water partition coefficient (Wildman–Crippen LogP) is 7.40. The van der Waals surface area contributed by atoms with Gasteiger partial charge in [-0.05, 0) is 41.5 Å². The quantitative estimate of drug-likeness (QED) is 0.291. The second kappa shape index (κ2) is 7.91. The number of hydrogen-bond acceptors (Lipinski definition) is 1. The average molecular weight is 443 g/mol. The molecule has 26 heavy (non-hydrogen) atoms. The van der Waals surface area contributed by atoms with Crippen molar-refractivity contribution in [3.63, 3.8) is 0 Å². The Bertz CT molecular complexity index is 1020. The summed E-state index contributed by atoms with van der Waals surface area (Å²) in [6.45, 7) is 0.844. The first kappa shape index (κ1) is 17.7. The summed E-state index contributed by atoms with van der Waals surface area (Å²) >= 11 is 11.4. The summed E-state index contributed by atoms with van der Waals surface area (Å²) in [5.74, 6) is 0.961. The monoisotopic (exact) mass is 441 g/mol. The van der Waals surface area contributed by atoms with E-state index in [9.17, 15) is 0 Å². The van der Waals surface area contributed by atoms with Gasteiger partial charge >= 0.3 is 0 Å². The molecule has 0 fully saturated rings. The molecule has 3 aromatic carbocycles. The van der Waals surface area contributed by atoms with Crippen LogP contribution in [0.3, 0.4) is 0 Å². The van der Waals surface area contributed by atoms with Crippen LogP contribution in [0.5, 0.6) is 0 Å². The van der Waals surface area contributed by atoms with Crippen LogP contribution in [0.2, 0.25) is 5.02 Å². The number of benzene rings is 3. The van der Waals surface area contributed by atoms with Crippen LogP contribution in [0.15, 0.2) is 88.4 Å². The van der Waals surface area contributed by atoms with E-state index in [0.717, 1.165) is 21.8 Å². The number of fused-ring (bicyclic) bond motifs is 1. The maximum Gasteiger partial charge on any atom is 0.0495 e.